The highest BCUT2D eigenvalue weighted by atomic mass is 35.5. The summed E-state index contributed by atoms with van der Waals surface area (Å²) < 4.78 is 10.8. The highest BCUT2D eigenvalue weighted by Crippen LogP contribution is 2.36. The number of halogens is 1. The van der Waals surface area contributed by atoms with Gasteiger partial charge in [-0.3, -0.25) is 4.79 Å². The van der Waals surface area contributed by atoms with Crippen LogP contribution < -0.4 is 19.7 Å². The third kappa shape index (κ3) is 4.76. The van der Waals surface area contributed by atoms with Gasteiger partial charge in [-0.15, -0.1) is 0 Å². The minimum Gasteiger partial charge on any atom is -0.497 e. The van der Waals surface area contributed by atoms with Gasteiger partial charge in [0.25, 0.3) is 5.91 Å². The zero-order valence-electron chi connectivity index (χ0n) is 20.6. The molecule has 2 aliphatic heterocycles. The molecule has 188 valence electrons. The van der Waals surface area contributed by atoms with Gasteiger partial charge in [-0.25, -0.2) is 9.97 Å². The third-order valence-corrected chi connectivity index (χ3v) is 7.04. The van der Waals surface area contributed by atoms with Gasteiger partial charge >= 0.3 is 0 Å². The zero-order valence-corrected chi connectivity index (χ0v) is 21.4. The number of hydrogen-bond acceptors (Lipinski definition) is 8. The number of likely N-dealkylation sites (N-methyl/N-ethyl adjacent to an activating group) is 1. The van der Waals surface area contributed by atoms with Gasteiger partial charge in [0.1, 0.15) is 22.5 Å². The van der Waals surface area contributed by atoms with Gasteiger partial charge in [-0.05, 0) is 31.3 Å². The van der Waals surface area contributed by atoms with Crippen LogP contribution in [0.25, 0.3) is 0 Å². The molecule has 0 aliphatic carbocycles. The summed E-state index contributed by atoms with van der Waals surface area (Å²) in [5.41, 5.74) is 3.77. The van der Waals surface area contributed by atoms with Crippen LogP contribution in [0, 0.1) is 0 Å². The molecule has 9 nitrogen and oxygen atoms in total. The van der Waals surface area contributed by atoms with Gasteiger partial charge < -0.3 is 29.5 Å². The van der Waals surface area contributed by atoms with Crippen molar-refractivity contribution in [2.45, 2.75) is 13.1 Å². The predicted octanol–water partition coefficient (Wildman–Crippen LogP) is 3.80. The SMILES string of the molecule is COc1ccc(CN2Cc3c(Cl)ncc(Nc4ccc(N5CCN(C)CC5)cn4)c3C2=O)c(OC)c1. The Morgan fingerprint density at radius 3 is 2.53 bits per heavy atom. The van der Waals surface area contributed by atoms with E-state index in [-0.39, 0.29) is 5.91 Å². The number of hydrogen-bond donors (Lipinski definition) is 1. The maximum atomic E-state index is 13.5. The summed E-state index contributed by atoms with van der Waals surface area (Å²) in [6.45, 7) is 4.74. The predicted molar refractivity (Wildman–Crippen MR) is 140 cm³/mol. The lowest BCUT2D eigenvalue weighted by Gasteiger charge is -2.33. The maximum Gasteiger partial charge on any atom is 0.257 e. The minimum atomic E-state index is -0.122. The number of rotatable bonds is 7. The Bertz CT molecular complexity index is 1260. The number of carbonyl (C=O) groups is 1. The van der Waals surface area contributed by atoms with E-state index in [2.05, 4.69) is 32.1 Å². The summed E-state index contributed by atoms with van der Waals surface area (Å²) in [6.07, 6.45) is 3.45. The van der Waals surface area contributed by atoms with E-state index in [1.807, 2.05) is 36.5 Å². The molecule has 0 unspecified atom stereocenters. The van der Waals surface area contributed by atoms with Crippen LogP contribution in [0.15, 0.2) is 42.7 Å². The summed E-state index contributed by atoms with van der Waals surface area (Å²) in [5, 5.41) is 3.60. The topological polar surface area (TPSA) is 83.1 Å². The highest BCUT2D eigenvalue weighted by molar-refractivity contribution is 6.31. The molecule has 1 fully saturated rings. The Morgan fingerprint density at radius 2 is 1.83 bits per heavy atom. The number of ether oxygens (including phenoxy) is 2. The lowest BCUT2D eigenvalue weighted by Crippen LogP contribution is -2.44. The Kier molecular flexibility index (Phi) is 6.84. The fourth-order valence-electron chi connectivity index (χ4n) is 4.60. The Labute approximate surface area is 215 Å². The van der Waals surface area contributed by atoms with E-state index in [1.54, 1.807) is 25.3 Å². The van der Waals surface area contributed by atoms with Crippen molar-refractivity contribution in [3.05, 3.63) is 64.6 Å². The van der Waals surface area contributed by atoms with Gasteiger partial charge in [0, 0.05) is 49.9 Å². The van der Waals surface area contributed by atoms with Crippen LogP contribution in [0.2, 0.25) is 5.15 Å². The molecule has 1 saturated heterocycles. The van der Waals surface area contributed by atoms with Crippen LogP contribution in [-0.2, 0) is 13.1 Å². The van der Waals surface area contributed by atoms with Crippen molar-refractivity contribution in [3.8, 4) is 11.5 Å². The summed E-state index contributed by atoms with van der Waals surface area (Å²) in [7, 11) is 5.34. The van der Waals surface area contributed by atoms with Crippen molar-refractivity contribution in [1.82, 2.24) is 19.8 Å². The van der Waals surface area contributed by atoms with Gasteiger partial charge in [-0.1, -0.05) is 11.6 Å². The molecule has 0 spiro atoms. The summed E-state index contributed by atoms with van der Waals surface area (Å²) >= 11 is 6.41. The summed E-state index contributed by atoms with van der Waals surface area (Å²) in [4.78, 5) is 28.8. The van der Waals surface area contributed by atoms with E-state index in [1.165, 1.54) is 0 Å². The number of carbonyl (C=O) groups excluding carboxylic acids is 1. The lowest BCUT2D eigenvalue weighted by atomic mass is 10.1. The number of aromatic nitrogens is 2. The largest absolute Gasteiger partial charge is 0.497 e. The van der Waals surface area contributed by atoms with Crippen LogP contribution in [0.4, 0.5) is 17.2 Å². The summed E-state index contributed by atoms with van der Waals surface area (Å²) in [6, 6.07) is 9.54. The molecule has 2 aliphatic rings. The van der Waals surface area contributed by atoms with Crippen LogP contribution in [0.5, 0.6) is 11.5 Å². The number of amides is 1. The van der Waals surface area contributed by atoms with E-state index in [4.69, 9.17) is 21.1 Å². The van der Waals surface area contributed by atoms with E-state index in [0.717, 1.165) is 37.4 Å². The number of methoxy groups -OCH3 is 2. The van der Waals surface area contributed by atoms with Crippen LogP contribution in [0.1, 0.15) is 21.5 Å². The number of nitrogens with one attached hydrogen (secondary N) is 1. The van der Waals surface area contributed by atoms with Crippen molar-refractivity contribution >= 4 is 34.7 Å². The second kappa shape index (κ2) is 10.2. The first-order valence-electron chi connectivity index (χ1n) is 11.8. The number of piperazine rings is 1. The van der Waals surface area contributed by atoms with Crippen molar-refractivity contribution in [2.75, 3.05) is 57.7 Å². The van der Waals surface area contributed by atoms with E-state index < -0.39 is 0 Å². The van der Waals surface area contributed by atoms with Gasteiger partial charge in [0.15, 0.2) is 0 Å². The van der Waals surface area contributed by atoms with E-state index in [9.17, 15) is 4.79 Å². The monoisotopic (exact) mass is 508 g/mol. The Hall–Kier alpha value is -3.56. The van der Waals surface area contributed by atoms with Crippen LogP contribution in [0.3, 0.4) is 0 Å². The second-order valence-electron chi connectivity index (χ2n) is 8.97. The molecule has 1 amide bonds. The van der Waals surface area contributed by atoms with E-state index >= 15 is 0 Å². The number of benzene rings is 1. The standard InChI is InChI=1S/C26H29ClN6O3/c1-31-8-10-32(11-9-31)18-5-7-23(28-13-18)30-21-14-29-25(27)20-16-33(26(34)24(20)21)15-17-4-6-19(35-2)12-22(17)36-3/h4-7,12-14H,8-11,15-16H2,1-3H3,(H,28,30). The Morgan fingerprint density at radius 1 is 1.03 bits per heavy atom. The maximum absolute atomic E-state index is 13.5. The number of nitrogens with zero attached hydrogens (tertiary/aromatic N) is 5. The normalized spacial score (nSPS) is 15.7. The van der Waals surface area contributed by atoms with Crippen molar-refractivity contribution in [2.24, 2.45) is 0 Å². The molecule has 1 N–H and O–H groups in total. The zero-order chi connectivity index (χ0) is 25.2. The average Bonchev–Trinajstić information content (AvgIpc) is 3.23. The first-order valence-corrected chi connectivity index (χ1v) is 12.2. The van der Waals surface area contributed by atoms with Crippen LogP contribution >= 0.6 is 11.6 Å². The Balaban J connectivity index is 1.34. The quantitative estimate of drug-likeness (QED) is 0.483. The fraction of sp³-hybridized carbons (Fsp3) is 0.346. The molecule has 1 aromatic carbocycles. The van der Waals surface area contributed by atoms with E-state index in [0.29, 0.717) is 52.4 Å². The first-order chi connectivity index (χ1) is 17.5. The molecule has 2 aromatic heterocycles. The molecule has 3 aromatic rings. The molecular weight excluding hydrogens is 480 g/mol. The molecule has 4 heterocycles. The molecule has 0 saturated carbocycles. The molecule has 0 bridgehead atoms. The smallest absolute Gasteiger partial charge is 0.257 e. The van der Waals surface area contributed by atoms with Gasteiger partial charge in [0.05, 0.1) is 50.1 Å². The second-order valence-corrected chi connectivity index (χ2v) is 9.33. The lowest BCUT2D eigenvalue weighted by molar-refractivity contribution is 0.0766. The average molecular weight is 509 g/mol. The highest BCUT2D eigenvalue weighted by Gasteiger charge is 2.33. The van der Waals surface area contributed by atoms with Crippen molar-refractivity contribution in [1.29, 1.82) is 0 Å². The molecule has 0 atom stereocenters. The van der Waals surface area contributed by atoms with Gasteiger partial charge in [-0.2, -0.15) is 0 Å². The van der Waals surface area contributed by atoms with Gasteiger partial charge in [0.2, 0.25) is 0 Å². The van der Waals surface area contributed by atoms with Crippen molar-refractivity contribution in [3.63, 3.8) is 0 Å². The summed E-state index contributed by atoms with van der Waals surface area (Å²) in [5.74, 6) is 1.87. The molecule has 36 heavy (non-hydrogen) atoms. The number of pyridine rings is 2. The first kappa shape index (κ1) is 24.1. The molecule has 10 heteroatoms. The third-order valence-electron chi connectivity index (χ3n) is 6.71. The van der Waals surface area contributed by atoms with Crippen LogP contribution in [-0.4, -0.2) is 73.1 Å². The fourth-order valence-corrected chi connectivity index (χ4v) is 4.80. The minimum absolute atomic E-state index is 0.122. The van der Waals surface area contributed by atoms with Crippen molar-refractivity contribution < 1.29 is 14.3 Å². The molecule has 5 rings (SSSR count). The number of fused-ring (bicyclic) bond motifs is 1. The molecule has 0 radical (unpaired) electrons. The number of anilines is 3. The molecular formula is C26H29ClN6O3.